The summed E-state index contributed by atoms with van der Waals surface area (Å²) in [7, 11) is 0. The van der Waals surface area contributed by atoms with Crippen LogP contribution in [0.2, 0.25) is 0 Å². The molecule has 1 fully saturated rings. The molecule has 1 heterocycles. The molecule has 1 N–H and O–H groups in total. The zero-order chi connectivity index (χ0) is 9.97. The van der Waals surface area contributed by atoms with Gasteiger partial charge in [0.15, 0.2) is 0 Å². The van der Waals surface area contributed by atoms with Crippen LogP contribution in [-0.4, -0.2) is 12.7 Å². The van der Waals surface area contributed by atoms with E-state index < -0.39 is 6.09 Å². The van der Waals surface area contributed by atoms with Gasteiger partial charge in [-0.15, -0.1) is 12.4 Å². The predicted molar refractivity (Wildman–Crippen MR) is 55.5 cm³/mol. The normalized spacial score (nSPS) is 19.8. The van der Waals surface area contributed by atoms with Gasteiger partial charge in [-0.2, -0.15) is 0 Å². The molecule has 0 aromatic heterocycles. The number of nitrogens with one attached hydrogen (secondary N) is 1. The number of benzene rings is 1. The molecule has 0 spiro atoms. The second-order valence-electron chi connectivity index (χ2n) is 3.14. The molecule has 0 saturated carbocycles. The van der Waals surface area contributed by atoms with Crippen LogP contribution >= 0.6 is 12.4 Å². The number of hydrogen-bond acceptors (Lipinski definition) is 2. The molecular formula is C10H11ClFNO2. The van der Waals surface area contributed by atoms with Crippen LogP contribution in [0.5, 0.6) is 0 Å². The van der Waals surface area contributed by atoms with Gasteiger partial charge >= 0.3 is 6.09 Å². The first-order valence-electron chi connectivity index (χ1n) is 4.45. The molecule has 1 atom stereocenters. The SMILES string of the molecule is Cl.O=C1N[C@H](c2ccccc2F)CCO1. The van der Waals surface area contributed by atoms with E-state index in [0.29, 0.717) is 18.6 Å². The molecule has 2 rings (SSSR count). The van der Waals surface area contributed by atoms with Gasteiger partial charge in [0.05, 0.1) is 12.6 Å². The van der Waals surface area contributed by atoms with Crippen molar-refractivity contribution in [2.24, 2.45) is 0 Å². The number of carbonyl (C=O) groups excluding carboxylic acids is 1. The minimum absolute atomic E-state index is 0. The summed E-state index contributed by atoms with van der Waals surface area (Å²) in [5.74, 6) is -0.292. The third-order valence-electron chi connectivity index (χ3n) is 2.21. The lowest BCUT2D eigenvalue weighted by Gasteiger charge is -2.23. The lowest BCUT2D eigenvalue weighted by atomic mass is 10.0. The van der Waals surface area contributed by atoms with Gasteiger partial charge in [-0.3, -0.25) is 0 Å². The average Bonchev–Trinajstić information content (AvgIpc) is 2.18. The lowest BCUT2D eigenvalue weighted by molar-refractivity contribution is 0.115. The number of hydrogen-bond donors (Lipinski definition) is 1. The first-order chi connectivity index (χ1) is 6.77. The maximum atomic E-state index is 13.3. The Bertz CT molecular complexity index is 359. The van der Waals surface area contributed by atoms with Crippen LogP contribution in [0.1, 0.15) is 18.0 Å². The van der Waals surface area contributed by atoms with Crippen LogP contribution in [-0.2, 0) is 4.74 Å². The fourth-order valence-corrected chi connectivity index (χ4v) is 1.52. The standard InChI is InChI=1S/C10H10FNO2.ClH/c11-8-4-2-1-3-7(8)9-5-6-14-10(13)12-9;/h1-4,9H,5-6H2,(H,12,13);1H/t9-;/m0./s1. The van der Waals surface area contributed by atoms with E-state index in [1.165, 1.54) is 6.07 Å². The molecule has 5 heteroatoms. The second kappa shape index (κ2) is 4.98. The Hall–Kier alpha value is -1.29. The minimum atomic E-state index is -0.482. The molecule has 0 unspecified atom stereocenters. The van der Waals surface area contributed by atoms with Gasteiger partial charge in [0.25, 0.3) is 0 Å². The first-order valence-corrected chi connectivity index (χ1v) is 4.45. The molecule has 15 heavy (non-hydrogen) atoms. The highest BCUT2D eigenvalue weighted by Gasteiger charge is 2.22. The van der Waals surface area contributed by atoms with Crippen molar-refractivity contribution in [1.82, 2.24) is 5.32 Å². The summed E-state index contributed by atoms with van der Waals surface area (Å²) in [4.78, 5) is 10.9. The van der Waals surface area contributed by atoms with E-state index in [4.69, 9.17) is 4.74 Å². The molecule has 1 aromatic rings. The van der Waals surface area contributed by atoms with Gasteiger partial charge in [0, 0.05) is 12.0 Å². The molecule has 1 aliphatic heterocycles. The van der Waals surface area contributed by atoms with E-state index in [1.807, 2.05) is 0 Å². The Morgan fingerprint density at radius 2 is 2.13 bits per heavy atom. The van der Waals surface area contributed by atoms with E-state index in [0.717, 1.165) is 0 Å². The van der Waals surface area contributed by atoms with E-state index in [1.54, 1.807) is 18.2 Å². The number of ether oxygens (including phenoxy) is 1. The van der Waals surface area contributed by atoms with Crippen LogP contribution in [0.15, 0.2) is 24.3 Å². The van der Waals surface area contributed by atoms with Crippen LogP contribution < -0.4 is 5.32 Å². The summed E-state index contributed by atoms with van der Waals surface area (Å²) in [6, 6.07) is 6.17. The summed E-state index contributed by atoms with van der Waals surface area (Å²) in [5.41, 5.74) is 0.518. The smallest absolute Gasteiger partial charge is 0.407 e. The summed E-state index contributed by atoms with van der Waals surface area (Å²) in [6.07, 6.45) is 0.122. The topological polar surface area (TPSA) is 38.3 Å². The molecule has 0 radical (unpaired) electrons. The highest BCUT2D eigenvalue weighted by Crippen LogP contribution is 2.22. The number of halogens is 2. The molecule has 1 aromatic carbocycles. The van der Waals surface area contributed by atoms with E-state index in [-0.39, 0.29) is 24.3 Å². The van der Waals surface area contributed by atoms with Crippen molar-refractivity contribution in [3.8, 4) is 0 Å². The Morgan fingerprint density at radius 1 is 1.40 bits per heavy atom. The van der Waals surface area contributed by atoms with Crippen molar-refractivity contribution in [2.75, 3.05) is 6.61 Å². The fraction of sp³-hybridized carbons (Fsp3) is 0.300. The minimum Gasteiger partial charge on any atom is -0.449 e. The van der Waals surface area contributed by atoms with Gasteiger partial charge < -0.3 is 10.1 Å². The van der Waals surface area contributed by atoms with Gasteiger partial charge in [-0.1, -0.05) is 18.2 Å². The van der Waals surface area contributed by atoms with Crippen LogP contribution in [0.4, 0.5) is 9.18 Å². The number of cyclic esters (lactones) is 1. The quantitative estimate of drug-likeness (QED) is 0.806. The molecule has 3 nitrogen and oxygen atoms in total. The number of rotatable bonds is 1. The highest BCUT2D eigenvalue weighted by molar-refractivity contribution is 5.85. The van der Waals surface area contributed by atoms with E-state index in [9.17, 15) is 9.18 Å². The van der Waals surface area contributed by atoms with Crippen LogP contribution in [0.25, 0.3) is 0 Å². The Balaban J connectivity index is 0.00000112. The third-order valence-corrected chi connectivity index (χ3v) is 2.21. The van der Waals surface area contributed by atoms with Gasteiger partial charge in [0.2, 0.25) is 0 Å². The second-order valence-corrected chi connectivity index (χ2v) is 3.14. The van der Waals surface area contributed by atoms with E-state index >= 15 is 0 Å². The molecule has 1 saturated heterocycles. The third kappa shape index (κ3) is 2.59. The zero-order valence-corrected chi connectivity index (χ0v) is 8.72. The lowest BCUT2D eigenvalue weighted by Crippen LogP contribution is -2.35. The summed E-state index contributed by atoms with van der Waals surface area (Å²) < 4.78 is 18.0. The van der Waals surface area contributed by atoms with Crippen molar-refractivity contribution < 1.29 is 13.9 Å². The summed E-state index contributed by atoms with van der Waals surface area (Å²) in [5, 5.41) is 2.57. The fourth-order valence-electron chi connectivity index (χ4n) is 1.52. The predicted octanol–water partition coefficient (Wildman–Crippen LogP) is 2.42. The average molecular weight is 232 g/mol. The van der Waals surface area contributed by atoms with E-state index in [2.05, 4.69) is 5.32 Å². The van der Waals surface area contributed by atoms with Gasteiger partial charge in [-0.25, -0.2) is 9.18 Å². The molecule has 0 aliphatic carbocycles. The number of carbonyl (C=O) groups is 1. The van der Waals surface area contributed by atoms with Crippen molar-refractivity contribution in [1.29, 1.82) is 0 Å². The summed E-state index contributed by atoms with van der Waals surface area (Å²) >= 11 is 0. The number of amides is 1. The van der Waals surface area contributed by atoms with Crippen LogP contribution in [0, 0.1) is 5.82 Å². The first kappa shape index (κ1) is 11.8. The maximum Gasteiger partial charge on any atom is 0.407 e. The summed E-state index contributed by atoms with van der Waals surface area (Å²) in [6.45, 7) is 0.338. The molecular weight excluding hydrogens is 221 g/mol. The maximum absolute atomic E-state index is 13.3. The Morgan fingerprint density at radius 3 is 2.80 bits per heavy atom. The largest absolute Gasteiger partial charge is 0.449 e. The monoisotopic (exact) mass is 231 g/mol. The molecule has 82 valence electrons. The molecule has 1 amide bonds. The van der Waals surface area contributed by atoms with Crippen molar-refractivity contribution >= 4 is 18.5 Å². The zero-order valence-electron chi connectivity index (χ0n) is 7.90. The van der Waals surface area contributed by atoms with Crippen LogP contribution in [0.3, 0.4) is 0 Å². The van der Waals surface area contributed by atoms with Crippen molar-refractivity contribution in [2.45, 2.75) is 12.5 Å². The Kier molecular flexibility index (Phi) is 3.91. The molecule has 1 aliphatic rings. The number of alkyl carbamates (subject to hydrolysis) is 1. The van der Waals surface area contributed by atoms with Crippen molar-refractivity contribution in [3.63, 3.8) is 0 Å². The highest BCUT2D eigenvalue weighted by atomic mass is 35.5. The van der Waals surface area contributed by atoms with Gasteiger partial charge in [0.1, 0.15) is 5.82 Å². The van der Waals surface area contributed by atoms with Crippen molar-refractivity contribution in [3.05, 3.63) is 35.6 Å². The van der Waals surface area contributed by atoms with Gasteiger partial charge in [-0.05, 0) is 6.07 Å². The molecule has 0 bridgehead atoms. The Labute approximate surface area is 93.0 Å².